The summed E-state index contributed by atoms with van der Waals surface area (Å²) < 4.78 is 0. The van der Waals surface area contributed by atoms with Gasteiger partial charge < -0.3 is 4.90 Å². The summed E-state index contributed by atoms with van der Waals surface area (Å²) in [5.74, 6) is 0.0327. The molecule has 0 atom stereocenters. The molecule has 2 aromatic rings. The fourth-order valence-electron chi connectivity index (χ4n) is 2.50. The van der Waals surface area contributed by atoms with Crippen molar-refractivity contribution in [2.75, 3.05) is 13.1 Å². The molecule has 22 heavy (non-hydrogen) atoms. The molecule has 0 unspecified atom stereocenters. The summed E-state index contributed by atoms with van der Waals surface area (Å²) in [6, 6.07) is 11.7. The molecule has 0 spiro atoms. The van der Waals surface area contributed by atoms with Gasteiger partial charge in [0.15, 0.2) is 0 Å². The second-order valence-electron chi connectivity index (χ2n) is 5.28. The van der Waals surface area contributed by atoms with Crippen LogP contribution in [0.5, 0.6) is 0 Å². The molecule has 1 fully saturated rings. The molecule has 1 aliphatic rings. The van der Waals surface area contributed by atoms with Gasteiger partial charge in [-0.2, -0.15) is 0 Å². The van der Waals surface area contributed by atoms with Crippen LogP contribution in [0, 0.1) is 0 Å². The lowest BCUT2D eigenvalue weighted by Crippen LogP contribution is -2.35. The molecule has 114 valence electrons. The average Bonchev–Trinajstić information content (AvgIpc) is 2.58. The van der Waals surface area contributed by atoms with Crippen molar-refractivity contribution in [3.05, 3.63) is 53.2 Å². The molecule has 0 bridgehead atoms. The molecule has 1 aromatic heterocycles. The van der Waals surface area contributed by atoms with Crippen molar-refractivity contribution in [3.8, 4) is 0 Å². The second kappa shape index (κ2) is 7.16. The third-order valence-electron chi connectivity index (χ3n) is 3.66. The number of halogens is 1. The first-order chi connectivity index (χ1) is 10.7. The van der Waals surface area contributed by atoms with E-state index in [0.717, 1.165) is 35.9 Å². The Morgan fingerprint density at radius 1 is 1.14 bits per heavy atom. The Hall–Kier alpha value is -1.52. The molecule has 0 radical (unpaired) electrons. The molecule has 1 amide bonds. The average molecular weight is 333 g/mol. The molecule has 2 heterocycles. The maximum absolute atomic E-state index is 12.4. The first kappa shape index (κ1) is 15.4. The number of nitrogens with zero attached hydrogens (tertiary/aromatic N) is 2. The number of aromatic nitrogens is 1. The van der Waals surface area contributed by atoms with Crippen LogP contribution < -0.4 is 0 Å². The molecule has 5 heteroatoms. The van der Waals surface area contributed by atoms with E-state index in [0.29, 0.717) is 10.6 Å². The van der Waals surface area contributed by atoms with Gasteiger partial charge in [-0.25, -0.2) is 4.98 Å². The summed E-state index contributed by atoms with van der Waals surface area (Å²) in [6.07, 6.45) is 4.99. The predicted molar refractivity (Wildman–Crippen MR) is 89.6 cm³/mol. The fraction of sp³-hybridized carbons (Fsp3) is 0.294. The number of rotatable bonds is 3. The van der Waals surface area contributed by atoms with Gasteiger partial charge in [0.2, 0.25) is 0 Å². The van der Waals surface area contributed by atoms with E-state index in [-0.39, 0.29) is 5.91 Å². The highest BCUT2D eigenvalue weighted by atomic mass is 35.5. The van der Waals surface area contributed by atoms with E-state index in [1.165, 1.54) is 18.2 Å². The zero-order valence-electron chi connectivity index (χ0n) is 12.2. The smallest absolute Gasteiger partial charge is 0.255 e. The predicted octanol–water partition coefficient (Wildman–Crippen LogP) is 4.51. The van der Waals surface area contributed by atoms with Crippen LogP contribution in [-0.2, 0) is 0 Å². The molecule has 3 rings (SSSR count). The number of amides is 1. The van der Waals surface area contributed by atoms with Crippen molar-refractivity contribution in [2.24, 2.45) is 0 Å². The van der Waals surface area contributed by atoms with Gasteiger partial charge in [0.05, 0.1) is 10.6 Å². The van der Waals surface area contributed by atoms with Crippen LogP contribution in [-0.4, -0.2) is 28.9 Å². The Bertz CT molecular complexity index is 657. The fourth-order valence-corrected chi connectivity index (χ4v) is 3.56. The van der Waals surface area contributed by atoms with Gasteiger partial charge in [0.25, 0.3) is 5.91 Å². The molecule has 1 saturated heterocycles. The molecule has 0 N–H and O–H groups in total. The van der Waals surface area contributed by atoms with Crippen LogP contribution in [0.1, 0.15) is 29.6 Å². The van der Waals surface area contributed by atoms with E-state index in [4.69, 9.17) is 11.6 Å². The third-order valence-corrected chi connectivity index (χ3v) is 5.08. The Kier molecular flexibility index (Phi) is 5.01. The SMILES string of the molecule is O=C(c1cnc(Sc2ccccc2)c(Cl)c1)N1CCCCC1. The van der Waals surface area contributed by atoms with Gasteiger partial charge in [0, 0.05) is 24.2 Å². The lowest BCUT2D eigenvalue weighted by atomic mass is 10.1. The maximum Gasteiger partial charge on any atom is 0.255 e. The summed E-state index contributed by atoms with van der Waals surface area (Å²) in [5.41, 5.74) is 0.573. The molecule has 1 aliphatic heterocycles. The van der Waals surface area contributed by atoms with Crippen LogP contribution in [0.25, 0.3) is 0 Å². The van der Waals surface area contributed by atoms with Crippen molar-refractivity contribution in [1.29, 1.82) is 0 Å². The van der Waals surface area contributed by atoms with Gasteiger partial charge in [-0.3, -0.25) is 4.79 Å². The van der Waals surface area contributed by atoms with Crippen molar-refractivity contribution < 1.29 is 4.79 Å². The van der Waals surface area contributed by atoms with E-state index >= 15 is 0 Å². The number of likely N-dealkylation sites (tertiary alicyclic amines) is 1. The van der Waals surface area contributed by atoms with Crippen molar-refractivity contribution in [3.63, 3.8) is 0 Å². The summed E-state index contributed by atoms with van der Waals surface area (Å²) in [6.45, 7) is 1.66. The molecule has 0 aliphatic carbocycles. The molecular formula is C17H17ClN2OS. The Morgan fingerprint density at radius 2 is 1.86 bits per heavy atom. The van der Waals surface area contributed by atoms with Crippen LogP contribution in [0.2, 0.25) is 5.02 Å². The van der Waals surface area contributed by atoms with E-state index < -0.39 is 0 Å². The van der Waals surface area contributed by atoms with Crippen LogP contribution in [0.4, 0.5) is 0 Å². The summed E-state index contributed by atoms with van der Waals surface area (Å²) in [4.78, 5) is 19.8. The highest BCUT2D eigenvalue weighted by Crippen LogP contribution is 2.31. The lowest BCUT2D eigenvalue weighted by molar-refractivity contribution is 0.0724. The summed E-state index contributed by atoms with van der Waals surface area (Å²) in [7, 11) is 0. The van der Waals surface area contributed by atoms with Gasteiger partial charge in [0.1, 0.15) is 5.03 Å². The van der Waals surface area contributed by atoms with E-state index in [1.807, 2.05) is 35.2 Å². The van der Waals surface area contributed by atoms with Crippen molar-refractivity contribution in [2.45, 2.75) is 29.2 Å². The van der Waals surface area contributed by atoms with Gasteiger partial charge in [-0.15, -0.1) is 0 Å². The minimum atomic E-state index is 0.0327. The van der Waals surface area contributed by atoms with Gasteiger partial charge in [-0.05, 0) is 37.5 Å². The standard InChI is InChI=1S/C17H17ClN2OS/c18-15-11-13(17(21)20-9-5-2-6-10-20)12-19-16(15)22-14-7-3-1-4-8-14/h1,3-4,7-8,11-12H,2,5-6,9-10H2. The number of benzene rings is 1. The maximum atomic E-state index is 12.4. The minimum Gasteiger partial charge on any atom is -0.339 e. The molecule has 0 saturated carbocycles. The van der Waals surface area contributed by atoms with E-state index in [2.05, 4.69) is 4.98 Å². The minimum absolute atomic E-state index is 0.0327. The Morgan fingerprint density at radius 3 is 2.55 bits per heavy atom. The number of piperidine rings is 1. The topological polar surface area (TPSA) is 33.2 Å². The quantitative estimate of drug-likeness (QED) is 0.829. The zero-order chi connectivity index (χ0) is 15.4. The highest BCUT2D eigenvalue weighted by molar-refractivity contribution is 7.99. The monoisotopic (exact) mass is 332 g/mol. The zero-order valence-corrected chi connectivity index (χ0v) is 13.7. The number of hydrogen-bond donors (Lipinski definition) is 0. The number of carbonyl (C=O) groups is 1. The second-order valence-corrected chi connectivity index (χ2v) is 6.75. The highest BCUT2D eigenvalue weighted by Gasteiger charge is 2.19. The lowest BCUT2D eigenvalue weighted by Gasteiger charge is -2.26. The normalized spacial score (nSPS) is 14.9. The van der Waals surface area contributed by atoms with Crippen molar-refractivity contribution >= 4 is 29.3 Å². The molecule has 1 aromatic carbocycles. The number of pyridine rings is 1. The summed E-state index contributed by atoms with van der Waals surface area (Å²) in [5, 5.41) is 1.25. The van der Waals surface area contributed by atoms with Crippen LogP contribution >= 0.6 is 23.4 Å². The van der Waals surface area contributed by atoms with Crippen molar-refractivity contribution in [1.82, 2.24) is 9.88 Å². The number of carbonyl (C=O) groups excluding carboxylic acids is 1. The molecular weight excluding hydrogens is 316 g/mol. The van der Waals surface area contributed by atoms with Gasteiger partial charge >= 0.3 is 0 Å². The summed E-state index contributed by atoms with van der Waals surface area (Å²) >= 11 is 7.81. The Balaban J connectivity index is 1.75. The van der Waals surface area contributed by atoms with E-state index in [9.17, 15) is 4.79 Å². The van der Waals surface area contributed by atoms with E-state index in [1.54, 1.807) is 12.3 Å². The van der Waals surface area contributed by atoms with Crippen LogP contribution in [0.15, 0.2) is 52.5 Å². The largest absolute Gasteiger partial charge is 0.339 e. The molecule has 3 nitrogen and oxygen atoms in total. The number of hydrogen-bond acceptors (Lipinski definition) is 3. The first-order valence-corrected chi connectivity index (χ1v) is 8.61. The van der Waals surface area contributed by atoms with Crippen LogP contribution in [0.3, 0.4) is 0 Å². The Labute approximate surface area is 139 Å². The first-order valence-electron chi connectivity index (χ1n) is 7.42. The third kappa shape index (κ3) is 3.62. The van der Waals surface area contributed by atoms with Gasteiger partial charge in [-0.1, -0.05) is 41.6 Å².